The van der Waals surface area contributed by atoms with Crippen molar-refractivity contribution in [1.29, 1.82) is 0 Å². The van der Waals surface area contributed by atoms with Crippen molar-refractivity contribution in [3.63, 3.8) is 0 Å². The summed E-state index contributed by atoms with van der Waals surface area (Å²) < 4.78 is 15.9. The quantitative estimate of drug-likeness (QED) is 0.619. The molecule has 2 aromatic rings. The van der Waals surface area contributed by atoms with E-state index in [9.17, 15) is 4.79 Å². The summed E-state index contributed by atoms with van der Waals surface area (Å²) in [5.41, 5.74) is 2.01. The summed E-state index contributed by atoms with van der Waals surface area (Å²) in [6.45, 7) is 2.67. The van der Waals surface area contributed by atoms with Gasteiger partial charge in [-0.2, -0.15) is 0 Å². The molecule has 0 amide bonds. The highest BCUT2D eigenvalue weighted by molar-refractivity contribution is 7.13. The van der Waals surface area contributed by atoms with Crippen LogP contribution < -0.4 is 10.1 Å². The first kappa shape index (κ1) is 20.6. The minimum Gasteiger partial charge on any atom is -0.482 e. The van der Waals surface area contributed by atoms with Gasteiger partial charge in [0.2, 0.25) is 0 Å². The Morgan fingerprint density at radius 3 is 2.62 bits per heavy atom. The van der Waals surface area contributed by atoms with Crippen LogP contribution in [0.1, 0.15) is 24.3 Å². The summed E-state index contributed by atoms with van der Waals surface area (Å²) >= 11 is 7.29. The number of rotatable bonds is 10. The molecule has 0 aliphatic heterocycles. The van der Waals surface area contributed by atoms with Gasteiger partial charge in [0, 0.05) is 25.1 Å². The molecule has 8 heteroatoms. The van der Waals surface area contributed by atoms with E-state index in [0.717, 1.165) is 12.1 Å². The summed E-state index contributed by atoms with van der Waals surface area (Å²) in [5, 5.41) is 5.37. The van der Waals surface area contributed by atoms with E-state index in [-0.39, 0.29) is 18.8 Å². The van der Waals surface area contributed by atoms with Crippen LogP contribution in [-0.2, 0) is 20.7 Å². The van der Waals surface area contributed by atoms with Crippen molar-refractivity contribution in [2.45, 2.75) is 25.5 Å². The average Bonchev–Trinajstić information content (AvgIpc) is 3.07. The smallest absolute Gasteiger partial charge is 0.343 e. The number of nitrogens with zero attached hydrogens (tertiary/aromatic N) is 1. The molecule has 2 rings (SSSR count). The largest absolute Gasteiger partial charge is 0.482 e. The Labute approximate surface area is 162 Å². The minimum absolute atomic E-state index is 0.0904. The molecular weight excluding hydrogens is 376 g/mol. The van der Waals surface area contributed by atoms with Crippen molar-refractivity contribution in [3.05, 3.63) is 45.4 Å². The van der Waals surface area contributed by atoms with Crippen molar-refractivity contribution < 1.29 is 19.0 Å². The zero-order valence-corrected chi connectivity index (χ0v) is 16.6. The van der Waals surface area contributed by atoms with E-state index in [1.165, 1.54) is 24.0 Å². The molecule has 0 spiro atoms. The van der Waals surface area contributed by atoms with Crippen LogP contribution in [0.25, 0.3) is 0 Å². The van der Waals surface area contributed by atoms with Crippen molar-refractivity contribution in [2.24, 2.45) is 0 Å². The summed E-state index contributed by atoms with van der Waals surface area (Å²) in [7, 11) is 3.00. The minimum atomic E-state index is -0.402. The molecule has 0 radical (unpaired) electrons. The number of hydrogen-bond acceptors (Lipinski definition) is 7. The Hall–Kier alpha value is -1.67. The highest BCUT2D eigenvalue weighted by Gasteiger charge is 2.15. The van der Waals surface area contributed by atoms with E-state index < -0.39 is 5.97 Å². The first-order valence-electron chi connectivity index (χ1n) is 8.17. The fourth-order valence-corrected chi connectivity index (χ4v) is 3.19. The van der Waals surface area contributed by atoms with E-state index in [1.54, 1.807) is 7.11 Å². The van der Waals surface area contributed by atoms with Gasteiger partial charge in [0.25, 0.3) is 0 Å². The number of benzene rings is 1. The number of halogens is 1. The molecule has 0 saturated heterocycles. The van der Waals surface area contributed by atoms with E-state index in [1.807, 2.05) is 29.6 Å². The Bertz CT molecular complexity index is 693. The third-order valence-electron chi connectivity index (χ3n) is 3.81. The number of methoxy groups -OCH3 is 2. The second-order valence-electron chi connectivity index (χ2n) is 5.77. The van der Waals surface area contributed by atoms with E-state index in [0.29, 0.717) is 16.8 Å². The summed E-state index contributed by atoms with van der Waals surface area (Å²) in [4.78, 5) is 15.3. The summed E-state index contributed by atoms with van der Waals surface area (Å²) in [5.74, 6) is 0.237. The van der Waals surface area contributed by atoms with Crippen LogP contribution in [0.4, 0.5) is 0 Å². The second-order valence-corrected chi connectivity index (χ2v) is 7.21. The Morgan fingerprint density at radius 2 is 2.04 bits per heavy atom. The van der Waals surface area contributed by atoms with E-state index in [4.69, 9.17) is 21.1 Å². The normalized spacial score (nSPS) is 13.2. The number of carbonyl (C=O) groups is 1. The zero-order chi connectivity index (χ0) is 18.9. The van der Waals surface area contributed by atoms with Gasteiger partial charge in [-0.25, -0.2) is 9.78 Å². The molecular formula is C18H23ClN2O4S. The van der Waals surface area contributed by atoms with Crippen molar-refractivity contribution in [2.75, 3.05) is 27.4 Å². The molecule has 0 aliphatic carbocycles. The Balaban J connectivity index is 1.79. The molecule has 6 nitrogen and oxygen atoms in total. The average molecular weight is 399 g/mol. The third-order valence-corrected chi connectivity index (χ3v) is 4.81. The molecule has 1 aromatic heterocycles. The second kappa shape index (κ2) is 10.5. The zero-order valence-electron chi connectivity index (χ0n) is 15.0. The van der Waals surface area contributed by atoms with Crippen LogP contribution in [0, 0.1) is 0 Å². The van der Waals surface area contributed by atoms with Gasteiger partial charge in [0.05, 0.1) is 12.8 Å². The molecule has 142 valence electrons. The van der Waals surface area contributed by atoms with Gasteiger partial charge in [-0.3, -0.25) is 0 Å². The maximum Gasteiger partial charge on any atom is 0.343 e. The number of thiazole rings is 1. The molecule has 1 N–H and O–H groups in total. The monoisotopic (exact) mass is 398 g/mol. The van der Waals surface area contributed by atoms with Crippen LogP contribution in [0.3, 0.4) is 0 Å². The lowest BCUT2D eigenvalue weighted by Gasteiger charge is -2.19. The van der Waals surface area contributed by atoms with E-state index in [2.05, 4.69) is 22.0 Å². The number of nitrogens with one attached hydrogen (secondary N) is 1. The lowest BCUT2D eigenvalue weighted by atomic mass is 10.1. The van der Waals surface area contributed by atoms with Crippen molar-refractivity contribution in [3.8, 4) is 5.75 Å². The standard InChI is InChI=1S/C18H23ClN2O4S/c1-12(20-9-16(23-2)15-11-26-18(19)21-15)8-13-4-6-14(7-5-13)25-10-17(22)24-3/h4-7,11-12,16,20H,8-10H2,1-3H3. The lowest BCUT2D eigenvalue weighted by molar-refractivity contribution is -0.142. The molecule has 0 saturated carbocycles. The molecule has 26 heavy (non-hydrogen) atoms. The van der Waals surface area contributed by atoms with Gasteiger partial charge in [-0.15, -0.1) is 11.3 Å². The highest BCUT2D eigenvalue weighted by Crippen LogP contribution is 2.22. The maximum atomic E-state index is 11.1. The number of hydrogen-bond donors (Lipinski definition) is 1. The molecule has 1 heterocycles. The maximum absolute atomic E-state index is 11.1. The highest BCUT2D eigenvalue weighted by atomic mass is 35.5. The fourth-order valence-electron chi connectivity index (χ4n) is 2.38. The summed E-state index contributed by atoms with van der Waals surface area (Å²) in [6, 6.07) is 7.92. The van der Waals surface area contributed by atoms with Gasteiger partial charge in [0.15, 0.2) is 11.1 Å². The van der Waals surface area contributed by atoms with Crippen LogP contribution in [0.5, 0.6) is 5.75 Å². The molecule has 1 aromatic carbocycles. The van der Waals surface area contributed by atoms with Crippen LogP contribution in [-0.4, -0.2) is 44.4 Å². The number of aromatic nitrogens is 1. The molecule has 0 fully saturated rings. The fraction of sp³-hybridized carbons (Fsp3) is 0.444. The first-order chi connectivity index (χ1) is 12.5. The topological polar surface area (TPSA) is 69.7 Å². The Kier molecular flexibility index (Phi) is 8.31. The van der Waals surface area contributed by atoms with Gasteiger partial charge >= 0.3 is 5.97 Å². The van der Waals surface area contributed by atoms with Crippen molar-refractivity contribution >= 4 is 28.9 Å². The summed E-state index contributed by atoms with van der Waals surface area (Å²) in [6.07, 6.45) is 0.723. The SMILES string of the molecule is COC(=O)COc1ccc(CC(C)NCC(OC)c2csc(Cl)n2)cc1. The van der Waals surface area contributed by atoms with Gasteiger partial charge in [0.1, 0.15) is 11.9 Å². The molecule has 0 bridgehead atoms. The van der Waals surface area contributed by atoms with Crippen molar-refractivity contribution in [1.82, 2.24) is 10.3 Å². The van der Waals surface area contributed by atoms with Gasteiger partial charge in [-0.05, 0) is 31.0 Å². The molecule has 0 aliphatic rings. The predicted octanol–water partition coefficient (Wildman–Crippen LogP) is 3.26. The molecule has 2 atom stereocenters. The number of carbonyl (C=O) groups excluding carboxylic acids is 1. The van der Waals surface area contributed by atoms with Crippen LogP contribution in [0.2, 0.25) is 4.47 Å². The van der Waals surface area contributed by atoms with E-state index >= 15 is 0 Å². The Morgan fingerprint density at radius 1 is 1.31 bits per heavy atom. The predicted molar refractivity (Wildman–Crippen MR) is 102 cm³/mol. The first-order valence-corrected chi connectivity index (χ1v) is 9.43. The van der Waals surface area contributed by atoms with Gasteiger partial charge in [-0.1, -0.05) is 23.7 Å². The molecule has 2 unspecified atom stereocenters. The van der Waals surface area contributed by atoms with Crippen LogP contribution >= 0.6 is 22.9 Å². The van der Waals surface area contributed by atoms with Crippen LogP contribution in [0.15, 0.2) is 29.6 Å². The number of esters is 1. The van der Waals surface area contributed by atoms with Gasteiger partial charge < -0.3 is 19.5 Å². The number of ether oxygens (including phenoxy) is 3. The third kappa shape index (κ3) is 6.57. The lowest BCUT2D eigenvalue weighted by Crippen LogP contribution is -2.32.